The summed E-state index contributed by atoms with van der Waals surface area (Å²) in [6.07, 6.45) is 0.255. The Labute approximate surface area is 130 Å². The van der Waals surface area contributed by atoms with Crippen LogP contribution in [0.15, 0.2) is 18.2 Å². The number of carbonyl (C=O) groups is 2. The second-order valence-electron chi connectivity index (χ2n) is 4.69. The highest BCUT2D eigenvalue weighted by atomic mass is 16.6. The van der Waals surface area contributed by atoms with Crippen LogP contribution in [0, 0.1) is 20.2 Å². The van der Waals surface area contributed by atoms with E-state index < -0.39 is 33.1 Å². The molecule has 0 radical (unpaired) electrons. The summed E-state index contributed by atoms with van der Waals surface area (Å²) in [5.41, 5.74) is -1.36. The van der Waals surface area contributed by atoms with Gasteiger partial charge in [-0.25, -0.2) is 0 Å². The molecule has 0 bridgehead atoms. The van der Waals surface area contributed by atoms with Crippen molar-refractivity contribution in [3.05, 3.63) is 44.0 Å². The van der Waals surface area contributed by atoms with Crippen LogP contribution in [0.3, 0.4) is 0 Å². The summed E-state index contributed by atoms with van der Waals surface area (Å²) in [5, 5.41) is 30.4. The van der Waals surface area contributed by atoms with E-state index in [4.69, 9.17) is 5.11 Å². The van der Waals surface area contributed by atoms with Crippen molar-refractivity contribution in [2.24, 2.45) is 0 Å². The van der Waals surface area contributed by atoms with Crippen molar-refractivity contribution in [2.75, 3.05) is 13.1 Å². The van der Waals surface area contributed by atoms with Crippen molar-refractivity contribution in [1.29, 1.82) is 0 Å². The van der Waals surface area contributed by atoms with E-state index in [0.29, 0.717) is 6.42 Å². The number of nitro groups is 2. The molecule has 1 amide bonds. The first kappa shape index (κ1) is 18.0. The zero-order chi connectivity index (χ0) is 17.6. The monoisotopic (exact) mass is 325 g/mol. The standard InChI is InChI=1S/C13H15N3O7/c1-2-4-14(5-3-12(17)18)13(19)9-6-10(15(20)21)8-11(7-9)16(22)23/h6-8H,2-5H2,1H3,(H,17,18). The van der Waals surface area contributed by atoms with Crippen molar-refractivity contribution < 1.29 is 24.5 Å². The third kappa shape index (κ3) is 5.02. The molecule has 0 aliphatic carbocycles. The van der Waals surface area contributed by atoms with Gasteiger partial charge in [-0.1, -0.05) is 6.92 Å². The van der Waals surface area contributed by atoms with Gasteiger partial charge >= 0.3 is 5.97 Å². The van der Waals surface area contributed by atoms with E-state index in [-0.39, 0.29) is 25.1 Å². The number of carbonyl (C=O) groups excluding carboxylic acids is 1. The number of aliphatic carboxylic acids is 1. The van der Waals surface area contributed by atoms with Crippen LogP contribution in [-0.4, -0.2) is 44.8 Å². The van der Waals surface area contributed by atoms with Crippen LogP contribution in [0.2, 0.25) is 0 Å². The molecule has 0 aromatic heterocycles. The largest absolute Gasteiger partial charge is 0.481 e. The fourth-order valence-electron chi connectivity index (χ4n) is 1.93. The smallest absolute Gasteiger partial charge is 0.305 e. The molecule has 124 valence electrons. The van der Waals surface area contributed by atoms with E-state index in [2.05, 4.69) is 0 Å². The second-order valence-corrected chi connectivity index (χ2v) is 4.69. The second kappa shape index (κ2) is 7.82. The summed E-state index contributed by atoms with van der Waals surface area (Å²) in [4.78, 5) is 44.3. The number of nitrogens with zero attached hydrogens (tertiary/aromatic N) is 3. The Morgan fingerprint density at radius 1 is 1.09 bits per heavy atom. The minimum Gasteiger partial charge on any atom is -0.481 e. The minimum atomic E-state index is -1.09. The number of non-ortho nitro benzene ring substituents is 2. The minimum absolute atomic E-state index is 0.0848. The van der Waals surface area contributed by atoms with Gasteiger partial charge in [0.2, 0.25) is 0 Å². The van der Waals surface area contributed by atoms with Gasteiger partial charge in [-0.3, -0.25) is 29.8 Å². The molecule has 0 unspecified atom stereocenters. The summed E-state index contributed by atoms with van der Waals surface area (Å²) in [5.74, 6) is -1.77. The van der Waals surface area contributed by atoms with Crippen LogP contribution in [0.4, 0.5) is 11.4 Å². The number of amides is 1. The maximum atomic E-state index is 12.4. The SMILES string of the molecule is CCCN(CCC(=O)O)C(=O)c1cc([N+](=O)[O-])cc([N+](=O)[O-])c1. The molecule has 0 saturated carbocycles. The molecule has 1 N–H and O–H groups in total. The average Bonchev–Trinajstić information content (AvgIpc) is 2.49. The van der Waals surface area contributed by atoms with Crippen LogP contribution in [0.25, 0.3) is 0 Å². The molecule has 10 heteroatoms. The van der Waals surface area contributed by atoms with Gasteiger partial charge in [-0.05, 0) is 6.42 Å². The van der Waals surface area contributed by atoms with Crippen molar-refractivity contribution in [3.8, 4) is 0 Å². The maximum Gasteiger partial charge on any atom is 0.305 e. The van der Waals surface area contributed by atoms with E-state index in [1.54, 1.807) is 6.92 Å². The van der Waals surface area contributed by atoms with Crippen LogP contribution < -0.4 is 0 Å². The third-order valence-electron chi connectivity index (χ3n) is 2.95. The molecule has 0 heterocycles. The molecule has 0 aliphatic heterocycles. The van der Waals surface area contributed by atoms with E-state index in [1.807, 2.05) is 0 Å². The Bertz CT molecular complexity index is 612. The molecule has 0 aliphatic rings. The molecule has 0 saturated heterocycles. The lowest BCUT2D eigenvalue weighted by Crippen LogP contribution is -2.33. The zero-order valence-electron chi connectivity index (χ0n) is 12.3. The number of nitro benzene ring substituents is 2. The van der Waals surface area contributed by atoms with Gasteiger partial charge in [0.25, 0.3) is 17.3 Å². The van der Waals surface area contributed by atoms with Crippen molar-refractivity contribution >= 4 is 23.3 Å². The van der Waals surface area contributed by atoms with E-state index >= 15 is 0 Å². The van der Waals surface area contributed by atoms with Gasteiger partial charge in [0.05, 0.1) is 27.9 Å². The quantitative estimate of drug-likeness (QED) is 0.567. The topological polar surface area (TPSA) is 144 Å². The molecule has 1 aromatic carbocycles. The van der Waals surface area contributed by atoms with Crippen molar-refractivity contribution in [2.45, 2.75) is 19.8 Å². The number of hydrogen-bond donors (Lipinski definition) is 1. The number of hydrogen-bond acceptors (Lipinski definition) is 6. The van der Waals surface area contributed by atoms with Crippen molar-refractivity contribution in [3.63, 3.8) is 0 Å². The van der Waals surface area contributed by atoms with Crippen LogP contribution in [0.5, 0.6) is 0 Å². The summed E-state index contributed by atoms with van der Waals surface area (Å²) in [6.45, 7) is 1.93. The van der Waals surface area contributed by atoms with Gasteiger partial charge in [0.1, 0.15) is 0 Å². The Kier molecular flexibility index (Phi) is 6.13. The Morgan fingerprint density at radius 2 is 1.61 bits per heavy atom. The number of carboxylic acid groups (broad SMARTS) is 1. The predicted octanol–water partition coefficient (Wildman–Crippen LogP) is 1.83. The highest BCUT2D eigenvalue weighted by Gasteiger charge is 2.23. The number of carboxylic acids is 1. The summed E-state index contributed by atoms with van der Waals surface area (Å²) in [7, 11) is 0. The fraction of sp³-hybridized carbons (Fsp3) is 0.385. The fourth-order valence-corrected chi connectivity index (χ4v) is 1.93. The lowest BCUT2D eigenvalue weighted by molar-refractivity contribution is -0.394. The first-order valence-corrected chi connectivity index (χ1v) is 6.71. The summed E-state index contributed by atoms with van der Waals surface area (Å²) >= 11 is 0. The van der Waals surface area contributed by atoms with Gasteiger partial charge in [-0.2, -0.15) is 0 Å². The Morgan fingerprint density at radius 3 is 2.00 bits per heavy atom. The first-order valence-electron chi connectivity index (χ1n) is 6.71. The Hall–Kier alpha value is -3.04. The van der Waals surface area contributed by atoms with Crippen molar-refractivity contribution in [1.82, 2.24) is 4.90 Å². The lowest BCUT2D eigenvalue weighted by Gasteiger charge is -2.21. The highest BCUT2D eigenvalue weighted by Crippen LogP contribution is 2.23. The van der Waals surface area contributed by atoms with E-state index in [9.17, 15) is 29.8 Å². The normalized spacial score (nSPS) is 10.1. The van der Waals surface area contributed by atoms with Crippen LogP contribution in [-0.2, 0) is 4.79 Å². The molecular formula is C13H15N3O7. The molecule has 1 aromatic rings. The molecular weight excluding hydrogens is 310 g/mol. The highest BCUT2D eigenvalue weighted by molar-refractivity contribution is 5.95. The maximum absolute atomic E-state index is 12.4. The molecule has 23 heavy (non-hydrogen) atoms. The molecule has 0 spiro atoms. The number of rotatable bonds is 8. The van der Waals surface area contributed by atoms with Gasteiger partial charge in [0.15, 0.2) is 0 Å². The summed E-state index contributed by atoms with van der Waals surface area (Å²) in [6, 6.07) is 2.65. The zero-order valence-corrected chi connectivity index (χ0v) is 12.3. The van der Waals surface area contributed by atoms with E-state index in [1.165, 1.54) is 4.90 Å². The van der Waals surface area contributed by atoms with Gasteiger partial charge < -0.3 is 10.0 Å². The Balaban J connectivity index is 3.18. The first-order chi connectivity index (χ1) is 10.8. The third-order valence-corrected chi connectivity index (χ3v) is 2.95. The average molecular weight is 325 g/mol. The van der Waals surface area contributed by atoms with Gasteiger partial charge in [0, 0.05) is 25.2 Å². The molecule has 1 rings (SSSR count). The van der Waals surface area contributed by atoms with Crippen LogP contribution >= 0.6 is 0 Å². The lowest BCUT2D eigenvalue weighted by atomic mass is 10.1. The predicted molar refractivity (Wildman–Crippen MR) is 78.2 cm³/mol. The summed E-state index contributed by atoms with van der Waals surface area (Å²) < 4.78 is 0. The van der Waals surface area contributed by atoms with Gasteiger partial charge in [-0.15, -0.1) is 0 Å². The number of benzene rings is 1. The molecule has 0 fully saturated rings. The van der Waals surface area contributed by atoms with E-state index in [0.717, 1.165) is 18.2 Å². The molecule has 0 atom stereocenters. The molecule has 10 nitrogen and oxygen atoms in total. The van der Waals surface area contributed by atoms with Crippen LogP contribution in [0.1, 0.15) is 30.1 Å².